The predicted octanol–water partition coefficient (Wildman–Crippen LogP) is 5.48. The molecule has 0 aliphatic carbocycles. The van der Waals surface area contributed by atoms with E-state index in [4.69, 9.17) is 28.9 Å². The minimum absolute atomic E-state index is 0.0250. The molecule has 2 rings (SSSR count). The third kappa shape index (κ3) is 3.51. The van der Waals surface area contributed by atoms with E-state index in [0.29, 0.717) is 0 Å². The predicted molar refractivity (Wildman–Crippen MR) is 75.6 cm³/mol. The summed E-state index contributed by atoms with van der Waals surface area (Å²) >= 11 is 11.2. The lowest BCUT2D eigenvalue weighted by atomic mass is 10.1. The van der Waals surface area contributed by atoms with Crippen LogP contribution in [0.5, 0.6) is 0 Å². The molecule has 0 aromatic heterocycles. The Hall–Kier alpha value is -1.66. The Balaban J connectivity index is 2.45. The average Bonchev–Trinajstić information content (AvgIpc) is 2.37. The van der Waals surface area contributed by atoms with Gasteiger partial charge in [0.15, 0.2) is 5.82 Å². The van der Waals surface area contributed by atoms with E-state index in [1.807, 2.05) is 0 Å². The van der Waals surface area contributed by atoms with Crippen LogP contribution in [0.15, 0.2) is 30.3 Å². The number of hydrogen-bond acceptors (Lipinski definition) is 2. The Labute approximate surface area is 127 Å². The normalized spacial score (nSPS) is 11.5. The highest BCUT2D eigenvalue weighted by molar-refractivity contribution is 6.35. The second-order valence-corrected chi connectivity index (χ2v) is 5.00. The topological polar surface area (TPSA) is 38.0 Å². The van der Waals surface area contributed by atoms with Crippen molar-refractivity contribution in [1.82, 2.24) is 0 Å². The molecule has 112 valence electrons. The maximum Gasteiger partial charge on any atom is 0.418 e. The number of rotatable bonds is 2. The fraction of sp³-hybridized carbons (Fsp3) is 0.0769. The van der Waals surface area contributed by atoms with Crippen LogP contribution in [-0.4, -0.2) is 0 Å². The summed E-state index contributed by atoms with van der Waals surface area (Å²) < 4.78 is 52.1. The molecule has 0 saturated heterocycles. The SMILES string of the molecule is Nc1ccc(Nc2cc(Cl)c(F)c(Cl)c2)c(C(F)(F)F)c1. The van der Waals surface area contributed by atoms with Crippen LogP contribution in [0.2, 0.25) is 10.0 Å². The van der Waals surface area contributed by atoms with Gasteiger partial charge in [-0.2, -0.15) is 13.2 Å². The van der Waals surface area contributed by atoms with Crippen molar-refractivity contribution in [2.75, 3.05) is 11.1 Å². The first kappa shape index (κ1) is 15.7. The van der Waals surface area contributed by atoms with Crippen molar-refractivity contribution in [1.29, 1.82) is 0 Å². The second kappa shape index (κ2) is 5.61. The summed E-state index contributed by atoms with van der Waals surface area (Å²) in [6, 6.07) is 5.56. The molecule has 0 amide bonds. The van der Waals surface area contributed by atoms with E-state index in [9.17, 15) is 17.6 Å². The largest absolute Gasteiger partial charge is 0.418 e. The van der Waals surface area contributed by atoms with Gasteiger partial charge in [0.1, 0.15) is 0 Å². The van der Waals surface area contributed by atoms with Crippen LogP contribution in [0.3, 0.4) is 0 Å². The molecular formula is C13H8Cl2F4N2. The Kier molecular flexibility index (Phi) is 4.20. The molecule has 8 heteroatoms. The molecule has 2 nitrogen and oxygen atoms in total. The Bertz CT molecular complexity index is 663. The van der Waals surface area contributed by atoms with Crippen molar-refractivity contribution in [3.05, 3.63) is 51.8 Å². The lowest BCUT2D eigenvalue weighted by molar-refractivity contribution is -0.136. The van der Waals surface area contributed by atoms with E-state index in [1.165, 1.54) is 12.1 Å². The minimum Gasteiger partial charge on any atom is -0.399 e. The quantitative estimate of drug-likeness (QED) is 0.432. The Morgan fingerprint density at radius 1 is 1.00 bits per heavy atom. The van der Waals surface area contributed by atoms with Gasteiger partial charge in [0, 0.05) is 11.4 Å². The van der Waals surface area contributed by atoms with E-state index in [1.54, 1.807) is 0 Å². The first-order chi connectivity index (χ1) is 9.68. The van der Waals surface area contributed by atoms with E-state index in [-0.39, 0.29) is 27.1 Å². The molecule has 0 bridgehead atoms. The van der Waals surface area contributed by atoms with Crippen molar-refractivity contribution in [2.45, 2.75) is 6.18 Å². The van der Waals surface area contributed by atoms with Crippen LogP contribution in [0.25, 0.3) is 0 Å². The van der Waals surface area contributed by atoms with Crippen molar-refractivity contribution in [3.63, 3.8) is 0 Å². The van der Waals surface area contributed by atoms with Crippen molar-refractivity contribution in [2.24, 2.45) is 0 Å². The highest BCUT2D eigenvalue weighted by Gasteiger charge is 2.33. The van der Waals surface area contributed by atoms with Crippen molar-refractivity contribution >= 4 is 40.3 Å². The van der Waals surface area contributed by atoms with Gasteiger partial charge in [-0.15, -0.1) is 0 Å². The third-order valence-electron chi connectivity index (χ3n) is 2.61. The number of halogens is 6. The molecule has 2 aromatic carbocycles. The van der Waals surface area contributed by atoms with E-state index < -0.39 is 17.6 Å². The fourth-order valence-corrected chi connectivity index (χ4v) is 2.18. The molecule has 0 heterocycles. The third-order valence-corrected chi connectivity index (χ3v) is 3.16. The Morgan fingerprint density at radius 2 is 1.57 bits per heavy atom. The van der Waals surface area contributed by atoms with Gasteiger partial charge in [0.25, 0.3) is 0 Å². The number of anilines is 3. The summed E-state index contributed by atoms with van der Waals surface area (Å²) in [4.78, 5) is 0. The number of nitrogens with one attached hydrogen (secondary N) is 1. The molecule has 0 radical (unpaired) electrons. The molecule has 3 N–H and O–H groups in total. The highest BCUT2D eigenvalue weighted by Crippen LogP contribution is 2.38. The first-order valence-electron chi connectivity index (χ1n) is 5.57. The van der Waals surface area contributed by atoms with Crippen molar-refractivity contribution < 1.29 is 17.6 Å². The van der Waals surface area contributed by atoms with E-state index in [2.05, 4.69) is 5.32 Å². The summed E-state index contributed by atoms with van der Waals surface area (Å²) in [5.74, 6) is -0.836. The van der Waals surface area contributed by atoms with Gasteiger partial charge >= 0.3 is 6.18 Å². The van der Waals surface area contributed by atoms with Crippen molar-refractivity contribution in [3.8, 4) is 0 Å². The lowest BCUT2D eigenvalue weighted by Gasteiger charge is -2.15. The van der Waals surface area contributed by atoms with Gasteiger partial charge in [-0.25, -0.2) is 4.39 Å². The summed E-state index contributed by atoms with van der Waals surface area (Å²) in [6.45, 7) is 0. The number of alkyl halides is 3. The molecule has 21 heavy (non-hydrogen) atoms. The number of nitrogen functional groups attached to an aromatic ring is 1. The standard InChI is InChI=1S/C13H8Cl2F4N2/c14-9-4-7(5-10(15)12(9)16)21-11-2-1-6(20)3-8(11)13(17,18)19/h1-5,21H,20H2. The van der Waals surface area contributed by atoms with Gasteiger partial charge < -0.3 is 11.1 Å². The molecule has 0 unspecified atom stereocenters. The van der Waals surface area contributed by atoms with Gasteiger partial charge in [-0.05, 0) is 30.3 Å². The molecule has 0 aliphatic heterocycles. The summed E-state index contributed by atoms with van der Waals surface area (Å²) in [6.07, 6.45) is -4.59. The molecule has 0 atom stereocenters. The van der Waals surface area contributed by atoms with Gasteiger partial charge in [-0.1, -0.05) is 23.2 Å². The van der Waals surface area contributed by atoms with Crippen LogP contribution in [-0.2, 0) is 6.18 Å². The summed E-state index contributed by atoms with van der Waals surface area (Å²) in [7, 11) is 0. The van der Waals surface area contributed by atoms with E-state index >= 15 is 0 Å². The van der Waals surface area contributed by atoms with Crippen LogP contribution >= 0.6 is 23.2 Å². The van der Waals surface area contributed by atoms with Crippen LogP contribution in [0.1, 0.15) is 5.56 Å². The number of nitrogens with two attached hydrogens (primary N) is 1. The van der Waals surface area contributed by atoms with E-state index in [0.717, 1.165) is 18.2 Å². The molecule has 0 spiro atoms. The zero-order valence-electron chi connectivity index (χ0n) is 10.2. The summed E-state index contributed by atoms with van der Waals surface area (Å²) in [5, 5.41) is 1.91. The lowest BCUT2D eigenvalue weighted by Crippen LogP contribution is -2.09. The smallest absolute Gasteiger partial charge is 0.399 e. The van der Waals surface area contributed by atoms with Gasteiger partial charge in [-0.3, -0.25) is 0 Å². The highest BCUT2D eigenvalue weighted by atomic mass is 35.5. The van der Waals surface area contributed by atoms with Gasteiger partial charge in [0.2, 0.25) is 0 Å². The van der Waals surface area contributed by atoms with Gasteiger partial charge in [0.05, 0.1) is 21.3 Å². The summed E-state index contributed by atoms with van der Waals surface area (Å²) in [5.41, 5.74) is 4.28. The molecule has 0 saturated carbocycles. The average molecular weight is 339 g/mol. The second-order valence-electron chi connectivity index (χ2n) is 4.18. The van der Waals surface area contributed by atoms with Crippen LogP contribution in [0.4, 0.5) is 34.6 Å². The fourth-order valence-electron chi connectivity index (χ4n) is 1.69. The monoisotopic (exact) mass is 338 g/mol. The zero-order chi connectivity index (χ0) is 15.8. The molecule has 2 aromatic rings. The van der Waals surface area contributed by atoms with Crippen LogP contribution < -0.4 is 11.1 Å². The minimum atomic E-state index is -4.59. The first-order valence-corrected chi connectivity index (χ1v) is 6.32. The molecule has 0 aliphatic rings. The maximum atomic E-state index is 13.3. The number of benzene rings is 2. The zero-order valence-corrected chi connectivity index (χ0v) is 11.7. The number of hydrogen-bond donors (Lipinski definition) is 2. The molecule has 0 fully saturated rings. The molecular weight excluding hydrogens is 331 g/mol. The Morgan fingerprint density at radius 3 is 2.10 bits per heavy atom. The van der Waals surface area contributed by atoms with Crippen LogP contribution in [0, 0.1) is 5.82 Å². The maximum absolute atomic E-state index is 13.3.